The van der Waals surface area contributed by atoms with Gasteiger partial charge in [0.1, 0.15) is 11.6 Å². The van der Waals surface area contributed by atoms with Crippen LogP contribution in [0.25, 0.3) is 0 Å². The maximum atomic E-state index is 11.4. The molecule has 0 heterocycles. The molecule has 0 unspecified atom stereocenters. The largest absolute Gasteiger partial charge is 0.479 e. The molecule has 1 amide bonds. The fraction of sp³-hybridized carbons (Fsp3) is 0.667. The summed E-state index contributed by atoms with van der Waals surface area (Å²) in [6, 6.07) is -1.05. The molecule has 0 aromatic carbocycles. The molecule has 0 bridgehead atoms. The number of carbonyl (C=O) groups is 2. The Balaban J connectivity index is 4.35. The lowest BCUT2D eigenvalue weighted by Gasteiger charge is -2.21. The van der Waals surface area contributed by atoms with Gasteiger partial charge in [-0.1, -0.05) is 25.5 Å². The van der Waals surface area contributed by atoms with E-state index in [1.165, 1.54) is 6.08 Å². The first kappa shape index (κ1) is 15.5. The molecule has 17 heavy (non-hydrogen) atoms. The van der Waals surface area contributed by atoms with Crippen molar-refractivity contribution in [2.75, 3.05) is 0 Å². The number of rotatable bonds is 5. The third kappa shape index (κ3) is 8.30. The van der Waals surface area contributed by atoms with Crippen molar-refractivity contribution in [3.8, 4) is 0 Å². The van der Waals surface area contributed by atoms with Crippen molar-refractivity contribution in [3.05, 3.63) is 12.2 Å². The molecule has 0 fully saturated rings. The normalized spacial score (nSPS) is 13.4. The van der Waals surface area contributed by atoms with E-state index >= 15 is 0 Å². The van der Waals surface area contributed by atoms with E-state index in [2.05, 4.69) is 5.32 Å². The van der Waals surface area contributed by atoms with Crippen molar-refractivity contribution in [2.24, 2.45) is 0 Å². The van der Waals surface area contributed by atoms with E-state index in [1.807, 2.05) is 6.92 Å². The van der Waals surface area contributed by atoms with Crippen LogP contribution in [0.15, 0.2) is 12.2 Å². The highest BCUT2D eigenvalue weighted by Gasteiger charge is 2.21. The summed E-state index contributed by atoms with van der Waals surface area (Å²) in [4.78, 5) is 22.2. The molecule has 0 radical (unpaired) electrons. The first-order chi connectivity index (χ1) is 7.76. The van der Waals surface area contributed by atoms with E-state index in [-0.39, 0.29) is 0 Å². The lowest BCUT2D eigenvalue weighted by Crippen LogP contribution is -2.42. The fourth-order valence-corrected chi connectivity index (χ4v) is 1.03. The molecule has 0 aliphatic carbocycles. The molecule has 0 saturated heterocycles. The molecule has 0 saturated carbocycles. The van der Waals surface area contributed by atoms with Crippen LogP contribution < -0.4 is 5.32 Å². The van der Waals surface area contributed by atoms with Gasteiger partial charge in [0.2, 0.25) is 0 Å². The van der Waals surface area contributed by atoms with E-state index in [0.29, 0.717) is 0 Å². The minimum Gasteiger partial charge on any atom is -0.479 e. The third-order valence-corrected chi connectivity index (χ3v) is 1.72. The lowest BCUT2D eigenvalue weighted by atomic mass is 10.2. The molecule has 0 spiro atoms. The van der Waals surface area contributed by atoms with Crippen molar-refractivity contribution < 1.29 is 19.4 Å². The summed E-state index contributed by atoms with van der Waals surface area (Å²) in [6.07, 6.45) is 4.16. The molecule has 0 aromatic heterocycles. The van der Waals surface area contributed by atoms with Crippen LogP contribution in [0.3, 0.4) is 0 Å². The molecule has 98 valence electrons. The number of alkyl carbamates (subject to hydrolysis) is 1. The second-order valence-electron chi connectivity index (χ2n) is 4.68. The van der Waals surface area contributed by atoms with Gasteiger partial charge in [0.15, 0.2) is 0 Å². The van der Waals surface area contributed by atoms with Crippen LogP contribution >= 0.6 is 0 Å². The minimum absolute atomic E-state index is 0.639. The average Bonchev–Trinajstić information content (AvgIpc) is 2.13. The van der Waals surface area contributed by atoms with Gasteiger partial charge in [0.25, 0.3) is 0 Å². The Labute approximate surface area is 102 Å². The Morgan fingerprint density at radius 1 is 1.41 bits per heavy atom. The van der Waals surface area contributed by atoms with Gasteiger partial charge in [-0.25, -0.2) is 9.59 Å². The zero-order valence-corrected chi connectivity index (χ0v) is 10.8. The quantitative estimate of drug-likeness (QED) is 0.726. The monoisotopic (exact) mass is 243 g/mol. The van der Waals surface area contributed by atoms with Crippen LogP contribution in [0, 0.1) is 0 Å². The molecule has 0 aromatic rings. The number of ether oxygens (including phenoxy) is 1. The number of amides is 1. The summed E-state index contributed by atoms with van der Waals surface area (Å²) in [5.74, 6) is -1.11. The van der Waals surface area contributed by atoms with Crippen LogP contribution in [0.2, 0.25) is 0 Å². The smallest absolute Gasteiger partial charge is 0.408 e. The topological polar surface area (TPSA) is 75.6 Å². The summed E-state index contributed by atoms with van der Waals surface area (Å²) in [5.41, 5.74) is -0.639. The van der Waals surface area contributed by atoms with Gasteiger partial charge >= 0.3 is 12.1 Å². The Morgan fingerprint density at radius 3 is 2.41 bits per heavy atom. The van der Waals surface area contributed by atoms with Crippen molar-refractivity contribution in [2.45, 2.75) is 52.2 Å². The van der Waals surface area contributed by atoms with Crippen LogP contribution in [0.4, 0.5) is 4.79 Å². The Hall–Kier alpha value is -1.52. The standard InChI is InChI=1S/C12H21NO4/c1-5-6-7-8-9(10(14)15)13-11(16)17-12(2,3)4/h7-9H,5-6H2,1-4H3,(H,13,16)(H,14,15)/b8-7+/t9-/m1/s1. The van der Waals surface area contributed by atoms with Crippen LogP contribution in [-0.4, -0.2) is 28.8 Å². The Kier molecular flexibility index (Phi) is 6.31. The van der Waals surface area contributed by atoms with E-state index in [9.17, 15) is 9.59 Å². The molecular weight excluding hydrogens is 222 g/mol. The highest BCUT2D eigenvalue weighted by atomic mass is 16.6. The summed E-state index contributed by atoms with van der Waals surface area (Å²) in [7, 11) is 0. The molecule has 1 atom stereocenters. The summed E-state index contributed by atoms with van der Waals surface area (Å²) in [5, 5.41) is 11.2. The predicted octanol–water partition coefficient (Wildman–Crippen LogP) is 2.32. The van der Waals surface area contributed by atoms with Gasteiger partial charge in [0.05, 0.1) is 0 Å². The number of hydrogen-bond acceptors (Lipinski definition) is 3. The number of hydrogen-bond donors (Lipinski definition) is 2. The second-order valence-corrected chi connectivity index (χ2v) is 4.68. The molecule has 5 nitrogen and oxygen atoms in total. The number of nitrogens with one attached hydrogen (secondary N) is 1. The molecule has 0 aliphatic rings. The molecule has 0 aliphatic heterocycles. The molecular formula is C12H21NO4. The highest BCUT2D eigenvalue weighted by molar-refractivity contribution is 5.81. The fourth-order valence-electron chi connectivity index (χ4n) is 1.03. The van der Waals surface area contributed by atoms with Gasteiger partial charge in [-0.3, -0.25) is 0 Å². The highest BCUT2D eigenvalue weighted by Crippen LogP contribution is 2.07. The van der Waals surface area contributed by atoms with Crippen LogP contribution in [0.5, 0.6) is 0 Å². The van der Waals surface area contributed by atoms with E-state index in [0.717, 1.165) is 12.8 Å². The Bertz CT molecular complexity index is 291. The molecule has 5 heteroatoms. The average molecular weight is 243 g/mol. The zero-order valence-electron chi connectivity index (χ0n) is 10.8. The van der Waals surface area contributed by atoms with Gasteiger partial charge < -0.3 is 15.2 Å². The van der Waals surface area contributed by atoms with Crippen molar-refractivity contribution in [1.82, 2.24) is 5.32 Å². The van der Waals surface area contributed by atoms with E-state index in [4.69, 9.17) is 9.84 Å². The summed E-state index contributed by atoms with van der Waals surface area (Å²) in [6.45, 7) is 7.14. The summed E-state index contributed by atoms with van der Waals surface area (Å²) < 4.78 is 4.98. The zero-order chi connectivity index (χ0) is 13.5. The minimum atomic E-state index is -1.11. The van der Waals surface area contributed by atoms with Crippen LogP contribution in [0.1, 0.15) is 40.5 Å². The SMILES string of the molecule is CCC/C=C/[C@@H](NC(=O)OC(C)(C)C)C(=O)O. The molecule has 0 rings (SSSR count). The van der Waals surface area contributed by atoms with Gasteiger partial charge in [-0.15, -0.1) is 0 Å². The predicted molar refractivity (Wildman–Crippen MR) is 64.8 cm³/mol. The lowest BCUT2D eigenvalue weighted by molar-refractivity contribution is -0.138. The van der Waals surface area contributed by atoms with E-state index in [1.54, 1.807) is 26.8 Å². The second kappa shape index (κ2) is 6.93. The Morgan fingerprint density at radius 2 is 2.00 bits per heavy atom. The number of unbranched alkanes of at least 4 members (excludes halogenated alkanes) is 1. The number of aliphatic carboxylic acids is 1. The van der Waals surface area contributed by atoms with E-state index < -0.39 is 23.7 Å². The van der Waals surface area contributed by atoms with Crippen LogP contribution in [-0.2, 0) is 9.53 Å². The number of carbonyl (C=O) groups excluding carboxylic acids is 1. The van der Waals surface area contributed by atoms with Gasteiger partial charge in [0, 0.05) is 0 Å². The third-order valence-electron chi connectivity index (χ3n) is 1.72. The first-order valence-electron chi connectivity index (χ1n) is 5.65. The maximum Gasteiger partial charge on any atom is 0.408 e. The van der Waals surface area contributed by atoms with Gasteiger partial charge in [-0.05, 0) is 27.2 Å². The molecule has 2 N–H and O–H groups in total. The number of carboxylic acid groups (broad SMARTS) is 1. The first-order valence-corrected chi connectivity index (χ1v) is 5.65. The number of allylic oxidation sites excluding steroid dienone is 1. The number of carboxylic acids is 1. The summed E-state index contributed by atoms with van der Waals surface area (Å²) >= 11 is 0. The maximum absolute atomic E-state index is 11.4. The van der Waals surface area contributed by atoms with Crippen molar-refractivity contribution in [3.63, 3.8) is 0 Å². The van der Waals surface area contributed by atoms with Crippen molar-refractivity contribution in [1.29, 1.82) is 0 Å². The van der Waals surface area contributed by atoms with Gasteiger partial charge in [-0.2, -0.15) is 0 Å². The van der Waals surface area contributed by atoms with Crippen molar-refractivity contribution >= 4 is 12.1 Å².